The van der Waals surface area contributed by atoms with Gasteiger partial charge in [-0.05, 0) is 62.4 Å². The number of nitrogens with zero attached hydrogens (tertiary/aromatic N) is 2. The number of aryl methyl sites for hydroxylation is 2. The van der Waals surface area contributed by atoms with Gasteiger partial charge in [-0.25, -0.2) is 4.79 Å². The van der Waals surface area contributed by atoms with Crippen molar-refractivity contribution in [1.82, 2.24) is 9.47 Å². The minimum atomic E-state index is -0.488. The van der Waals surface area contributed by atoms with Crippen LogP contribution in [0.4, 0.5) is 0 Å². The topological polar surface area (TPSA) is 81.8 Å². The Bertz CT molecular complexity index is 1460. The van der Waals surface area contributed by atoms with Gasteiger partial charge in [0.1, 0.15) is 17.9 Å². The zero-order valence-corrected chi connectivity index (χ0v) is 20.4. The SMILES string of the molecule is C=C(C)COc1ccc2c(C)c(CC(=O)N3C[C@@H]4C[C@@H](C3)c3cccc(=O)n3C4)c(=O)oc2c1C. The van der Waals surface area contributed by atoms with Gasteiger partial charge in [0.2, 0.25) is 5.91 Å². The fraction of sp³-hybridized carbons (Fsp3) is 0.393. The summed E-state index contributed by atoms with van der Waals surface area (Å²) in [6.07, 6.45) is 0.970. The minimum Gasteiger partial charge on any atom is -0.489 e. The summed E-state index contributed by atoms with van der Waals surface area (Å²) < 4.78 is 13.3. The lowest BCUT2D eigenvalue weighted by Gasteiger charge is -2.42. The number of aromatic nitrogens is 1. The Balaban J connectivity index is 1.40. The molecule has 182 valence electrons. The molecule has 0 saturated carbocycles. The van der Waals surface area contributed by atoms with Gasteiger partial charge < -0.3 is 18.6 Å². The predicted octanol–water partition coefficient (Wildman–Crippen LogP) is 3.71. The lowest BCUT2D eigenvalue weighted by Crippen LogP contribution is -2.49. The molecule has 0 aliphatic carbocycles. The summed E-state index contributed by atoms with van der Waals surface area (Å²) in [5.74, 6) is 0.930. The van der Waals surface area contributed by atoms with E-state index in [1.165, 1.54) is 0 Å². The molecular formula is C28H30N2O5. The van der Waals surface area contributed by atoms with Crippen LogP contribution in [0.15, 0.2) is 56.5 Å². The first kappa shape index (κ1) is 23.1. The molecule has 0 unspecified atom stereocenters. The second-order valence-electron chi connectivity index (χ2n) is 9.98. The fourth-order valence-electron chi connectivity index (χ4n) is 5.50. The molecule has 1 aromatic carbocycles. The van der Waals surface area contributed by atoms with Crippen molar-refractivity contribution in [2.45, 2.75) is 46.1 Å². The fourth-order valence-corrected chi connectivity index (χ4v) is 5.50. The summed E-state index contributed by atoms with van der Waals surface area (Å²) in [6.45, 7) is 11.6. The number of carbonyl (C=O) groups is 1. The summed E-state index contributed by atoms with van der Waals surface area (Å²) >= 11 is 0. The average Bonchev–Trinajstić information content (AvgIpc) is 2.82. The average molecular weight is 475 g/mol. The molecule has 3 aromatic rings. The Hall–Kier alpha value is -3.61. The molecule has 0 spiro atoms. The first-order valence-corrected chi connectivity index (χ1v) is 12.0. The highest BCUT2D eigenvalue weighted by molar-refractivity contribution is 5.87. The van der Waals surface area contributed by atoms with E-state index in [1.54, 1.807) is 12.1 Å². The molecule has 0 radical (unpaired) electrons. The maximum absolute atomic E-state index is 13.3. The van der Waals surface area contributed by atoms with E-state index in [0.29, 0.717) is 43.1 Å². The lowest BCUT2D eigenvalue weighted by atomic mass is 9.83. The summed E-state index contributed by atoms with van der Waals surface area (Å²) in [7, 11) is 0. The third-order valence-corrected chi connectivity index (χ3v) is 7.29. The van der Waals surface area contributed by atoms with Crippen LogP contribution in [0, 0.1) is 19.8 Å². The van der Waals surface area contributed by atoms with Crippen LogP contribution in [-0.2, 0) is 17.8 Å². The number of carbonyl (C=O) groups excluding carboxylic acids is 1. The molecule has 5 rings (SSSR count). The maximum atomic E-state index is 13.3. The quantitative estimate of drug-likeness (QED) is 0.416. The first-order valence-electron chi connectivity index (χ1n) is 12.0. The van der Waals surface area contributed by atoms with Gasteiger partial charge in [-0.15, -0.1) is 0 Å². The molecule has 1 saturated heterocycles. The molecule has 0 N–H and O–H groups in total. The number of piperidine rings is 1. The Morgan fingerprint density at radius 2 is 1.91 bits per heavy atom. The lowest BCUT2D eigenvalue weighted by molar-refractivity contribution is -0.133. The second kappa shape index (κ2) is 8.87. The Morgan fingerprint density at radius 1 is 1.11 bits per heavy atom. The van der Waals surface area contributed by atoms with Crippen LogP contribution >= 0.6 is 0 Å². The number of pyridine rings is 1. The Kier molecular flexibility index (Phi) is 5.87. The summed E-state index contributed by atoms with van der Waals surface area (Å²) in [5.41, 5.74) is 3.80. The molecule has 2 atom stereocenters. The molecule has 4 heterocycles. The van der Waals surface area contributed by atoms with Crippen molar-refractivity contribution in [3.8, 4) is 5.75 Å². The largest absolute Gasteiger partial charge is 0.489 e. The number of likely N-dealkylation sites (tertiary alicyclic amines) is 1. The van der Waals surface area contributed by atoms with Crippen LogP contribution < -0.4 is 15.9 Å². The van der Waals surface area contributed by atoms with Crippen molar-refractivity contribution < 1.29 is 13.9 Å². The number of benzene rings is 1. The Morgan fingerprint density at radius 3 is 2.69 bits per heavy atom. The van der Waals surface area contributed by atoms with Crippen LogP contribution in [0.2, 0.25) is 0 Å². The highest BCUT2D eigenvalue weighted by atomic mass is 16.5. The van der Waals surface area contributed by atoms with Crippen LogP contribution in [0.3, 0.4) is 0 Å². The Labute approximate surface area is 203 Å². The molecule has 7 nitrogen and oxygen atoms in total. The van der Waals surface area contributed by atoms with Gasteiger partial charge in [0.15, 0.2) is 0 Å². The van der Waals surface area contributed by atoms with Gasteiger partial charge >= 0.3 is 5.63 Å². The zero-order valence-electron chi connectivity index (χ0n) is 20.4. The molecule has 2 aliphatic heterocycles. The van der Waals surface area contributed by atoms with Gasteiger partial charge in [-0.1, -0.05) is 12.6 Å². The number of amides is 1. The minimum absolute atomic E-state index is 0.00189. The zero-order chi connectivity index (χ0) is 24.9. The summed E-state index contributed by atoms with van der Waals surface area (Å²) in [4.78, 5) is 40.4. The van der Waals surface area contributed by atoms with Crippen molar-refractivity contribution in [1.29, 1.82) is 0 Å². The molecule has 1 amide bonds. The number of hydrogen-bond acceptors (Lipinski definition) is 5. The van der Waals surface area contributed by atoms with E-state index in [-0.39, 0.29) is 29.7 Å². The van der Waals surface area contributed by atoms with Gasteiger partial charge in [0, 0.05) is 48.3 Å². The predicted molar refractivity (Wildman–Crippen MR) is 134 cm³/mol. The maximum Gasteiger partial charge on any atom is 0.340 e. The third kappa shape index (κ3) is 4.20. The van der Waals surface area contributed by atoms with E-state index in [9.17, 15) is 14.4 Å². The van der Waals surface area contributed by atoms with Crippen molar-refractivity contribution in [3.63, 3.8) is 0 Å². The smallest absolute Gasteiger partial charge is 0.340 e. The number of fused-ring (bicyclic) bond motifs is 5. The van der Waals surface area contributed by atoms with Crippen molar-refractivity contribution >= 4 is 16.9 Å². The van der Waals surface area contributed by atoms with E-state index in [4.69, 9.17) is 9.15 Å². The molecule has 2 aromatic heterocycles. The van der Waals surface area contributed by atoms with E-state index in [1.807, 2.05) is 48.4 Å². The molecule has 1 fully saturated rings. The molecular weight excluding hydrogens is 444 g/mol. The van der Waals surface area contributed by atoms with E-state index >= 15 is 0 Å². The van der Waals surface area contributed by atoms with Gasteiger partial charge in [-0.3, -0.25) is 9.59 Å². The summed E-state index contributed by atoms with van der Waals surface area (Å²) in [5, 5.41) is 0.802. The molecule has 7 heteroatoms. The van der Waals surface area contributed by atoms with Gasteiger partial charge in [0.05, 0.1) is 12.0 Å². The van der Waals surface area contributed by atoms with Gasteiger partial charge in [-0.2, -0.15) is 0 Å². The molecule has 35 heavy (non-hydrogen) atoms. The van der Waals surface area contributed by atoms with Crippen LogP contribution in [0.1, 0.15) is 41.6 Å². The van der Waals surface area contributed by atoms with Crippen molar-refractivity contribution in [2.75, 3.05) is 19.7 Å². The van der Waals surface area contributed by atoms with E-state index < -0.39 is 5.63 Å². The molecule has 2 bridgehead atoms. The third-order valence-electron chi connectivity index (χ3n) is 7.29. The number of rotatable bonds is 5. The van der Waals surface area contributed by atoms with Crippen molar-refractivity contribution in [3.05, 3.63) is 85.6 Å². The highest BCUT2D eigenvalue weighted by Crippen LogP contribution is 2.35. The van der Waals surface area contributed by atoms with Crippen LogP contribution in [0.5, 0.6) is 5.75 Å². The van der Waals surface area contributed by atoms with Crippen LogP contribution in [-0.4, -0.2) is 35.1 Å². The van der Waals surface area contributed by atoms with Crippen molar-refractivity contribution in [2.24, 2.45) is 5.92 Å². The monoisotopic (exact) mass is 474 g/mol. The second-order valence-corrected chi connectivity index (χ2v) is 9.98. The van der Waals surface area contributed by atoms with Gasteiger partial charge in [0.25, 0.3) is 5.56 Å². The highest BCUT2D eigenvalue weighted by Gasteiger charge is 2.36. The summed E-state index contributed by atoms with van der Waals surface area (Å²) in [6, 6.07) is 9.10. The normalized spacial score (nSPS) is 18.9. The number of hydrogen-bond donors (Lipinski definition) is 0. The van der Waals surface area contributed by atoms with E-state index in [0.717, 1.165) is 34.2 Å². The van der Waals surface area contributed by atoms with E-state index in [2.05, 4.69) is 6.58 Å². The van der Waals surface area contributed by atoms with Crippen LogP contribution in [0.25, 0.3) is 11.0 Å². The number of ether oxygens (including phenoxy) is 1. The standard InChI is InChI=1S/C28H30N2O5/c1-16(2)15-34-24-9-8-21-17(3)22(28(33)35-27(21)18(24)4)11-26(32)29-12-19-10-20(14-29)23-6-5-7-25(31)30(23)13-19/h5-9,19-20H,1,10-15H2,2-4H3/t19-,20-/m0/s1. The molecule has 2 aliphatic rings. The first-order chi connectivity index (χ1) is 16.7.